The summed E-state index contributed by atoms with van der Waals surface area (Å²) in [6.45, 7) is -0.731. The van der Waals surface area contributed by atoms with Gasteiger partial charge in [-0.3, -0.25) is 0 Å². The Bertz CT molecular complexity index is 3740. The summed E-state index contributed by atoms with van der Waals surface area (Å²) in [5, 5.41) is 0.0831. The van der Waals surface area contributed by atoms with Gasteiger partial charge in [-0.2, -0.15) is 0 Å². The maximum absolute atomic E-state index is 9.49. The van der Waals surface area contributed by atoms with E-state index in [1.54, 1.807) is 17.0 Å². The fourth-order valence-corrected chi connectivity index (χ4v) is 8.91. The van der Waals surface area contributed by atoms with E-state index in [1.807, 2.05) is 72.8 Å². The van der Waals surface area contributed by atoms with Gasteiger partial charge in [0.2, 0.25) is 0 Å². The van der Waals surface area contributed by atoms with Crippen molar-refractivity contribution < 1.29 is 23.3 Å². The van der Waals surface area contributed by atoms with Crippen LogP contribution in [0.25, 0.3) is 43.1 Å². The van der Waals surface area contributed by atoms with E-state index >= 15 is 0 Å². The highest BCUT2D eigenvalue weighted by Crippen LogP contribution is 2.49. The van der Waals surface area contributed by atoms with Crippen molar-refractivity contribution in [3.8, 4) is 22.3 Å². The average Bonchev–Trinajstić information content (AvgIpc) is 3.74. The number of hydrogen-bond donors (Lipinski definition) is 0. The largest absolute Gasteiger partial charge is 0.311 e. The van der Waals surface area contributed by atoms with Crippen molar-refractivity contribution in [3.63, 3.8) is 0 Å². The van der Waals surface area contributed by atoms with Crippen molar-refractivity contribution in [1.29, 1.82) is 0 Å². The van der Waals surface area contributed by atoms with Gasteiger partial charge in [-0.25, -0.2) is 0 Å². The van der Waals surface area contributed by atoms with Gasteiger partial charge in [-0.15, -0.1) is 11.3 Å². The SMILES string of the molecule is [2H]c1c([2H])c([2H])c(N2c3cc(-c4ccccc4)ccc3B3c4sc5ccccc5c4N(c4c([2H])c([2H])c([2H])c([2H])c4[2H])c4cc(-c5c([2H])c([2H])c([2H])c6c([2H])c([2H])c([2H])c([2H])c56)cc2c43)c([2H])c1[2H]. The highest BCUT2D eigenvalue weighted by atomic mass is 32.1. The molecule has 0 radical (unpaired) electrons. The third-order valence-corrected chi connectivity index (χ3v) is 10.9. The zero-order chi connectivity index (χ0) is 49.0. The van der Waals surface area contributed by atoms with Crippen molar-refractivity contribution in [1.82, 2.24) is 0 Å². The number of hydrogen-bond acceptors (Lipinski definition) is 3. The predicted molar refractivity (Wildman–Crippen MR) is 224 cm³/mol. The lowest BCUT2D eigenvalue weighted by Crippen LogP contribution is -2.60. The first-order valence-electron chi connectivity index (χ1n) is 25.0. The molecule has 0 saturated carbocycles. The lowest BCUT2D eigenvalue weighted by Gasteiger charge is -2.43. The third kappa shape index (κ3) is 4.38. The van der Waals surface area contributed by atoms with E-state index in [9.17, 15) is 8.22 Å². The molecule has 0 atom stereocenters. The summed E-state index contributed by atoms with van der Waals surface area (Å²) in [5.41, 5.74) is 3.08. The summed E-state index contributed by atoms with van der Waals surface area (Å²) >= 11 is 1.42. The minimum absolute atomic E-state index is 0.0245. The average molecular weight is 696 g/mol. The molecule has 0 spiro atoms. The van der Waals surface area contributed by atoms with E-state index in [0.29, 0.717) is 38.0 Å². The van der Waals surface area contributed by atoms with Gasteiger partial charge in [0.05, 0.1) is 29.0 Å². The van der Waals surface area contributed by atoms with E-state index in [4.69, 9.17) is 15.1 Å². The summed E-state index contributed by atoms with van der Waals surface area (Å²) in [6, 6.07) is 15.3. The molecule has 2 nitrogen and oxygen atoms in total. The van der Waals surface area contributed by atoms with Crippen LogP contribution >= 0.6 is 11.3 Å². The molecule has 2 aliphatic heterocycles. The minimum Gasteiger partial charge on any atom is -0.311 e. The van der Waals surface area contributed by atoms with Crippen LogP contribution in [0.2, 0.25) is 0 Å². The van der Waals surface area contributed by atoms with Gasteiger partial charge < -0.3 is 9.80 Å². The Balaban J connectivity index is 1.40. The van der Waals surface area contributed by atoms with Crippen LogP contribution in [0.4, 0.5) is 34.1 Å². The summed E-state index contributed by atoms with van der Waals surface area (Å²) < 4.78 is 155. The first-order valence-corrected chi connectivity index (χ1v) is 17.3. The first kappa shape index (κ1) is 17.2. The zero-order valence-corrected chi connectivity index (χ0v) is 27.8. The van der Waals surface area contributed by atoms with Gasteiger partial charge in [0.15, 0.2) is 0 Å². The fourth-order valence-electron chi connectivity index (χ4n) is 7.59. The Kier molecular flexibility index (Phi) is 3.84. The molecule has 1 aromatic heterocycles. The van der Waals surface area contributed by atoms with Crippen molar-refractivity contribution >= 4 is 88.7 Å². The highest BCUT2D eigenvalue weighted by Gasteiger charge is 2.45. The molecule has 0 amide bonds. The van der Waals surface area contributed by atoms with Crippen molar-refractivity contribution in [2.24, 2.45) is 0 Å². The molecular weight excluding hydrogens is 647 g/mol. The molecule has 0 bridgehead atoms. The second kappa shape index (κ2) is 11.6. The van der Waals surface area contributed by atoms with Crippen LogP contribution in [0.1, 0.15) is 23.3 Å². The summed E-state index contributed by atoms with van der Waals surface area (Å²) in [4.78, 5) is 3.08. The lowest BCUT2D eigenvalue weighted by molar-refractivity contribution is 1.26. The standard InChI is InChI=1S/C48H31BN2S/c1-4-15-32(16-5-1)34-27-28-41-42(29-34)50(36-19-6-2-7-20-36)43-30-35(39-25-14-18-33-17-10-11-23-38(33)39)31-44-46(43)49(41)48-47(40-24-12-13-26-45(40)52-48)51(44)37-21-8-3-9-22-37/h1-31H/i2D,3D,6D,7D,8D,9D,10D,11D,14D,17D,18D,19D,20D,21D,22D,23D,25D. The molecule has 0 fully saturated rings. The lowest BCUT2D eigenvalue weighted by atomic mass is 9.36. The molecule has 4 heteroatoms. The van der Waals surface area contributed by atoms with Gasteiger partial charge in [0.25, 0.3) is 6.71 Å². The molecule has 3 heterocycles. The second-order valence-corrected chi connectivity index (χ2v) is 13.5. The zero-order valence-electron chi connectivity index (χ0n) is 44.0. The monoisotopic (exact) mass is 695 g/mol. The van der Waals surface area contributed by atoms with Crippen molar-refractivity contribution in [3.05, 3.63) is 188 Å². The number of anilines is 6. The first-order chi connectivity index (χ1) is 32.9. The molecule has 11 rings (SSSR count). The summed E-state index contributed by atoms with van der Waals surface area (Å²) in [6.07, 6.45) is 0. The van der Waals surface area contributed by atoms with Gasteiger partial charge in [0.1, 0.15) is 0 Å². The summed E-state index contributed by atoms with van der Waals surface area (Å²) in [5.74, 6) is 0. The third-order valence-electron chi connectivity index (χ3n) is 9.70. The van der Waals surface area contributed by atoms with E-state index in [0.717, 1.165) is 10.3 Å². The normalized spacial score (nSPS) is 17.5. The Morgan fingerprint density at radius 3 is 1.96 bits per heavy atom. The van der Waals surface area contributed by atoms with Gasteiger partial charge in [0, 0.05) is 43.3 Å². The molecular formula is C48H31BN2S. The minimum atomic E-state index is -0.731. The molecule has 0 aliphatic carbocycles. The van der Waals surface area contributed by atoms with Gasteiger partial charge >= 0.3 is 0 Å². The number of para-hydroxylation sites is 2. The van der Waals surface area contributed by atoms with Crippen LogP contribution in [0.3, 0.4) is 0 Å². The van der Waals surface area contributed by atoms with Crippen LogP contribution < -0.4 is 25.5 Å². The second-order valence-electron chi connectivity index (χ2n) is 12.4. The Labute approximate surface area is 331 Å². The number of benzene rings is 8. The predicted octanol–water partition coefficient (Wildman–Crippen LogP) is 11.5. The van der Waals surface area contributed by atoms with Crippen LogP contribution in [0, 0.1) is 0 Å². The smallest absolute Gasteiger partial charge is 0.264 e. The number of fused-ring (bicyclic) bond motifs is 7. The van der Waals surface area contributed by atoms with Crippen molar-refractivity contribution in [2.45, 2.75) is 0 Å². The Hall–Kier alpha value is -6.36. The van der Waals surface area contributed by atoms with Gasteiger partial charge in [-0.05, 0) is 92.4 Å². The van der Waals surface area contributed by atoms with Gasteiger partial charge in [-0.1, -0.05) is 139 Å². The molecule has 0 N–H and O–H groups in total. The number of rotatable bonds is 4. The van der Waals surface area contributed by atoms with E-state index in [2.05, 4.69) is 0 Å². The fraction of sp³-hybridized carbons (Fsp3) is 0. The molecule has 52 heavy (non-hydrogen) atoms. The molecule has 0 unspecified atom stereocenters. The quantitative estimate of drug-likeness (QED) is 0.169. The van der Waals surface area contributed by atoms with E-state index in [-0.39, 0.29) is 44.6 Å². The maximum atomic E-state index is 9.49. The van der Waals surface area contributed by atoms with E-state index in [1.165, 1.54) is 16.2 Å². The van der Waals surface area contributed by atoms with Crippen LogP contribution in [-0.2, 0) is 0 Å². The van der Waals surface area contributed by atoms with Crippen LogP contribution in [0.5, 0.6) is 0 Å². The Morgan fingerprint density at radius 2 is 1.15 bits per heavy atom. The number of nitrogens with zero attached hydrogens (tertiary/aromatic N) is 2. The maximum Gasteiger partial charge on any atom is 0.264 e. The molecule has 242 valence electrons. The molecule has 0 saturated heterocycles. The Morgan fingerprint density at radius 1 is 0.500 bits per heavy atom. The molecule has 9 aromatic rings. The van der Waals surface area contributed by atoms with E-state index < -0.39 is 109 Å². The highest BCUT2D eigenvalue weighted by molar-refractivity contribution is 7.33. The van der Waals surface area contributed by atoms with Crippen molar-refractivity contribution in [2.75, 3.05) is 9.80 Å². The van der Waals surface area contributed by atoms with Crippen LogP contribution in [-0.4, -0.2) is 6.71 Å². The number of thiophene rings is 1. The molecule has 8 aromatic carbocycles. The molecule has 2 aliphatic rings. The topological polar surface area (TPSA) is 6.48 Å². The van der Waals surface area contributed by atoms with Crippen LogP contribution in [0.15, 0.2) is 188 Å². The summed E-state index contributed by atoms with van der Waals surface area (Å²) in [7, 11) is 0.